The Morgan fingerprint density at radius 1 is 1.03 bits per heavy atom. The summed E-state index contributed by atoms with van der Waals surface area (Å²) >= 11 is 0. The van der Waals surface area contributed by atoms with Gasteiger partial charge in [0.05, 0.1) is 10.5 Å². The lowest BCUT2D eigenvalue weighted by molar-refractivity contribution is 0.0693. The van der Waals surface area contributed by atoms with Gasteiger partial charge in [-0.2, -0.15) is 4.31 Å². The van der Waals surface area contributed by atoms with Crippen molar-refractivity contribution >= 4 is 15.9 Å². The smallest absolute Gasteiger partial charge is 0.256 e. The minimum atomic E-state index is -3.67. The van der Waals surface area contributed by atoms with E-state index >= 15 is 0 Å². The zero-order valence-electron chi connectivity index (χ0n) is 16.4. The van der Waals surface area contributed by atoms with Crippen molar-refractivity contribution in [2.75, 3.05) is 26.2 Å². The summed E-state index contributed by atoms with van der Waals surface area (Å²) in [5.74, 6) is -1.90. The zero-order valence-corrected chi connectivity index (χ0v) is 17.3. The van der Waals surface area contributed by atoms with Crippen molar-refractivity contribution in [3.8, 4) is 0 Å². The predicted molar refractivity (Wildman–Crippen MR) is 106 cm³/mol. The Labute approximate surface area is 170 Å². The second-order valence-corrected chi connectivity index (χ2v) is 9.14. The van der Waals surface area contributed by atoms with Crippen LogP contribution in [0.4, 0.5) is 8.78 Å². The number of piperazine rings is 1. The Bertz CT molecular complexity index is 985. The topological polar surface area (TPSA) is 57.7 Å². The molecule has 156 valence electrons. The normalized spacial score (nSPS) is 16.6. The lowest BCUT2D eigenvalue weighted by atomic mass is 9.99. The summed E-state index contributed by atoms with van der Waals surface area (Å²) in [7, 11) is -3.67. The first-order valence-electron chi connectivity index (χ1n) is 9.58. The minimum absolute atomic E-state index is 0.115. The van der Waals surface area contributed by atoms with Crippen LogP contribution in [-0.4, -0.2) is 49.7 Å². The molecule has 1 aliphatic heterocycles. The molecule has 3 rings (SSSR count). The van der Waals surface area contributed by atoms with Crippen LogP contribution in [0, 0.1) is 11.6 Å². The van der Waals surface area contributed by atoms with Gasteiger partial charge in [-0.25, -0.2) is 17.2 Å². The maximum atomic E-state index is 13.9. The Morgan fingerprint density at radius 3 is 2.21 bits per heavy atom. The predicted octanol–water partition coefficient (Wildman–Crippen LogP) is 3.63. The molecule has 0 aliphatic carbocycles. The zero-order chi connectivity index (χ0) is 21.2. The number of rotatable bonds is 5. The molecule has 2 aromatic carbocycles. The standard InChI is InChI=1S/C21H24F2N2O3S/c1-3-15(2)16-4-7-18(8-5-16)29(27,28)25-12-10-24(11-13-25)21(26)19-9-6-17(22)14-20(19)23/h4-9,14-15H,3,10-13H2,1-2H3/t15-/m0/s1. The van der Waals surface area contributed by atoms with Gasteiger partial charge in [0, 0.05) is 32.2 Å². The summed E-state index contributed by atoms with van der Waals surface area (Å²) in [6.07, 6.45) is 0.969. The van der Waals surface area contributed by atoms with E-state index in [2.05, 4.69) is 13.8 Å². The van der Waals surface area contributed by atoms with Crippen molar-refractivity contribution in [3.63, 3.8) is 0 Å². The highest BCUT2D eigenvalue weighted by Gasteiger charge is 2.31. The van der Waals surface area contributed by atoms with Gasteiger partial charge >= 0.3 is 0 Å². The van der Waals surface area contributed by atoms with Gasteiger partial charge in [0.15, 0.2) is 0 Å². The number of hydrogen-bond acceptors (Lipinski definition) is 3. The first kappa shape index (κ1) is 21.4. The van der Waals surface area contributed by atoms with E-state index < -0.39 is 27.6 Å². The van der Waals surface area contributed by atoms with Gasteiger partial charge in [-0.3, -0.25) is 4.79 Å². The molecular formula is C21H24F2N2O3S. The van der Waals surface area contributed by atoms with Crippen LogP contribution in [0.1, 0.15) is 42.1 Å². The summed E-state index contributed by atoms with van der Waals surface area (Å²) in [5.41, 5.74) is 0.867. The molecule has 0 spiro atoms. The van der Waals surface area contributed by atoms with Crippen LogP contribution < -0.4 is 0 Å². The van der Waals surface area contributed by atoms with Crippen molar-refractivity contribution in [3.05, 3.63) is 65.2 Å². The molecule has 29 heavy (non-hydrogen) atoms. The number of carbonyl (C=O) groups is 1. The van der Waals surface area contributed by atoms with E-state index in [0.717, 1.165) is 24.1 Å². The third-order valence-electron chi connectivity index (χ3n) is 5.39. The quantitative estimate of drug-likeness (QED) is 0.740. The van der Waals surface area contributed by atoms with E-state index in [1.807, 2.05) is 12.1 Å². The van der Waals surface area contributed by atoms with Gasteiger partial charge in [-0.05, 0) is 42.2 Å². The monoisotopic (exact) mass is 422 g/mol. The van der Waals surface area contributed by atoms with Crippen molar-refractivity contribution < 1.29 is 22.0 Å². The molecule has 0 bridgehead atoms. The molecule has 0 aromatic heterocycles. The van der Waals surface area contributed by atoms with E-state index in [-0.39, 0.29) is 36.6 Å². The Kier molecular flexibility index (Phi) is 6.33. The molecule has 0 saturated carbocycles. The van der Waals surface area contributed by atoms with Crippen molar-refractivity contribution in [1.29, 1.82) is 0 Å². The highest BCUT2D eigenvalue weighted by atomic mass is 32.2. The summed E-state index contributed by atoms with van der Waals surface area (Å²) < 4.78 is 54.0. The molecule has 2 aromatic rings. The van der Waals surface area contributed by atoms with Crippen molar-refractivity contribution in [2.24, 2.45) is 0 Å². The SMILES string of the molecule is CC[C@H](C)c1ccc(S(=O)(=O)N2CCN(C(=O)c3ccc(F)cc3F)CC2)cc1. The lowest BCUT2D eigenvalue weighted by Crippen LogP contribution is -2.50. The molecule has 1 amide bonds. The van der Waals surface area contributed by atoms with Gasteiger partial charge in [-0.1, -0.05) is 26.0 Å². The van der Waals surface area contributed by atoms with Gasteiger partial charge < -0.3 is 4.90 Å². The van der Waals surface area contributed by atoms with Crippen LogP contribution in [0.2, 0.25) is 0 Å². The van der Waals surface area contributed by atoms with Crippen LogP contribution in [0.25, 0.3) is 0 Å². The molecule has 1 heterocycles. The summed E-state index contributed by atoms with van der Waals surface area (Å²) in [4.78, 5) is 14.1. The van der Waals surface area contributed by atoms with Gasteiger partial charge in [-0.15, -0.1) is 0 Å². The fraction of sp³-hybridized carbons (Fsp3) is 0.381. The second-order valence-electron chi connectivity index (χ2n) is 7.20. The summed E-state index contributed by atoms with van der Waals surface area (Å²) in [6, 6.07) is 9.69. The highest BCUT2D eigenvalue weighted by Crippen LogP contribution is 2.23. The highest BCUT2D eigenvalue weighted by molar-refractivity contribution is 7.89. The molecule has 0 radical (unpaired) electrons. The molecule has 1 aliphatic rings. The average Bonchev–Trinajstić information content (AvgIpc) is 2.73. The maximum Gasteiger partial charge on any atom is 0.256 e. The largest absolute Gasteiger partial charge is 0.336 e. The van der Waals surface area contributed by atoms with E-state index in [1.54, 1.807) is 12.1 Å². The number of benzene rings is 2. The van der Waals surface area contributed by atoms with E-state index in [4.69, 9.17) is 0 Å². The molecule has 5 nitrogen and oxygen atoms in total. The van der Waals surface area contributed by atoms with E-state index in [0.29, 0.717) is 12.0 Å². The molecule has 8 heteroatoms. The molecule has 1 atom stereocenters. The van der Waals surface area contributed by atoms with Crippen LogP contribution in [0.3, 0.4) is 0 Å². The number of hydrogen-bond donors (Lipinski definition) is 0. The summed E-state index contributed by atoms with van der Waals surface area (Å²) in [6.45, 7) is 4.67. The fourth-order valence-corrected chi connectivity index (χ4v) is 4.74. The number of sulfonamides is 1. The lowest BCUT2D eigenvalue weighted by Gasteiger charge is -2.34. The van der Waals surface area contributed by atoms with E-state index in [1.165, 1.54) is 9.21 Å². The van der Waals surface area contributed by atoms with Crippen LogP contribution in [0.5, 0.6) is 0 Å². The van der Waals surface area contributed by atoms with Crippen molar-refractivity contribution in [1.82, 2.24) is 9.21 Å². The second kappa shape index (κ2) is 8.59. The number of nitrogens with zero attached hydrogens (tertiary/aromatic N) is 2. The summed E-state index contributed by atoms with van der Waals surface area (Å²) in [5, 5.41) is 0. The Hall–Kier alpha value is -2.32. The third kappa shape index (κ3) is 4.48. The molecule has 1 saturated heterocycles. The third-order valence-corrected chi connectivity index (χ3v) is 7.30. The first-order chi connectivity index (χ1) is 13.7. The minimum Gasteiger partial charge on any atom is -0.336 e. The number of carbonyl (C=O) groups excluding carboxylic acids is 1. The van der Waals surface area contributed by atoms with Crippen LogP contribution in [0.15, 0.2) is 47.4 Å². The van der Waals surface area contributed by atoms with Gasteiger partial charge in [0.2, 0.25) is 10.0 Å². The van der Waals surface area contributed by atoms with Crippen molar-refractivity contribution in [2.45, 2.75) is 31.1 Å². The molecule has 0 unspecified atom stereocenters. The molecule has 0 N–H and O–H groups in total. The fourth-order valence-electron chi connectivity index (χ4n) is 3.32. The van der Waals surface area contributed by atoms with Crippen LogP contribution in [-0.2, 0) is 10.0 Å². The number of halogens is 2. The molecule has 1 fully saturated rings. The Morgan fingerprint density at radius 2 is 1.66 bits per heavy atom. The van der Waals surface area contributed by atoms with E-state index in [9.17, 15) is 22.0 Å². The Balaban J connectivity index is 1.68. The molecular weight excluding hydrogens is 398 g/mol. The van der Waals surface area contributed by atoms with Crippen LogP contribution >= 0.6 is 0 Å². The first-order valence-corrected chi connectivity index (χ1v) is 11.0. The number of amides is 1. The van der Waals surface area contributed by atoms with Gasteiger partial charge in [0.25, 0.3) is 5.91 Å². The maximum absolute atomic E-state index is 13.9. The van der Waals surface area contributed by atoms with Gasteiger partial charge in [0.1, 0.15) is 11.6 Å². The average molecular weight is 422 g/mol.